The fraction of sp³-hybridized carbons (Fsp3) is 0.722. The summed E-state index contributed by atoms with van der Waals surface area (Å²) in [4.78, 5) is 30.3. The number of aromatic nitrogens is 2. The summed E-state index contributed by atoms with van der Waals surface area (Å²) in [6.45, 7) is 6.37. The van der Waals surface area contributed by atoms with E-state index in [2.05, 4.69) is 22.2 Å². The highest BCUT2D eigenvalue weighted by Crippen LogP contribution is 2.17. The predicted molar refractivity (Wildman–Crippen MR) is 98.5 cm³/mol. The van der Waals surface area contributed by atoms with Gasteiger partial charge in [-0.1, -0.05) is 13.3 Å². The van der Waals surface area contributed by atoms with Gasteiger partial charge in [-0.25, -0.2) is 4.79 Å². The Labute approximate surface area is 155 Å². The quantitative estimate of drug-likeness (QED) is 0.863. The van der Waals surface area contributed by atoms with Gasteiger partial charge in [0.15, 0.2) is 0 Å². The summed E-state index contributed by atoms with van der Waals surface area (Å²) in [5.74, 6) is 0.0990. The Kier molecular flexibility index (Phi) is 5.80. The van der Waals surface area contributed by atoms with Crippen molar-refractivity contribution >= 4 is 11.9 Å². The van der Waals surface area contributed by atoms with E-state index in [0.29, 0.717) is 26.2 Å². The van der Waals surface area contributed by atoms with Gasteiger partial charge in [-0.2, -0.15) is 5.10 Å². The standard InChI is InChI=1S/C18H30N6O2/c1-4-22-8-6-5-7-16(22)17(25)19-12-14-11-15-13-23(18(26)21(2)3)9-10-24(15)20-14/h11,16H,4-10,12-13H2,1-3H3,(H,19,25). The number of urea groups is 1. The molecule has 1 unspecified atom stereocenters. The average Bonchev–Trinajstić information content (AvgIpc) is 3.07. The Morgan fingerprint density at radius 2 is 2.08 bits per heavy atom. The van der Waals surface area contributed by atoms with Crippen LogP contribution in [0.4, 0.5) is 4.79 Å². The molecule has 1 N–H and O–H groups in total. The van der Waals surface area contributed by atoms with Crippen molar-refractivity contribution in [3.63, 3.8) is 0 Å². The molecule has 2 aliphatic rings. The molecule has 1 atom stereocenters. The molecule has 0 radical (unpaired) electrons. The monoisotopic (exact) mass is 362 g/mol. The van der Waals surface area contributed by atoms with E-state index < -0.39 is 0 Å². The van der Waals surface area contributed by atoms with Crippen LogP contribution in [0.15, 0.2) is 6.07 Å². The van der Waals surface area contributed by atoms with Gasteiger partial charge >= 0.3 is 6.03 Å². The van der Waals surface area contributed by atoms with Gasteiger partial charge in [0.2, 0.25) is 5.91 Å². The molecule has 26 heavy (non-hydrogen) atoms. The Bertz CT molecular complexity index is 656. The van der Waals surface area contributed by atoms with Gasteiger partial charge in [0.1, 0.15) is 0 Å². The van der Waals surface area contributed by atoms with E-state index in [9.17, 15) is 9.59 Å². The zero-order valence-electron chi connectivity index (χ0n) is 16.1. The van der Waals surface area contributed by atoms with Crippen LogP contribution in [0, 0.1) is 0 Å². The number of carbonyl (C=O) groups excluding carboxylic acids is 2. The molecule has 2 aliphatic heterocycles. The highest BCUT2D eigenvalue weighted by molar-refractivity contribution is 5.81. The van der Waals surface area contributed by atoms with Crippen molar-refractivity contribution in [1.82, 2.24) is 29.8 Å². The molecular weight excluding hydrogens is 332 g/mol. The first-order chi connectivity index (χ1) is 12.5. The van der Waals surface area contributed by atoms with Gasteiger partial charge in [0.05, 0.1) is 37.1 Å². The normalized spacial score (nSPS) is 20.6. The Balaban J connectivity index is 1.57. The molecule has 0 saturated carbocycles. The minimum Gasteiger partial charge on any atom is -0.349 e. The van der Waals surface area contributed by atoms with Gasteiger partial charge in [-0.05, 0) is 32.0 Å². The molecule has 1 fully saturated rings. The SMILES string of the molecule is CCN1CCCCC1C(=O)NCc1cc2n(n1)CCN(C(=O)N(C)C)C2. The number of amides is 3. The van der Waals surface area contributed by atoms with Crippen molar-refractivity contribution < 1.29 is 9.59 Å². The van der Waals surface area contributed by atoms with Crippen molar-refractivity contribution in [2.45, 2.75) is 51.9 Å². The number of piperidine rings is 1. The van der Waals surface area contributed by atoms with Crippen LogP contribution >= 0.6 is 0 Å². The molecule has 0 bridgehead atoms. The minimum absolute atomic E-state index is 0.0146. The number of fused-ring (bicyclic) bond motifs is 1. The molecule has 3 amide bonds. The first-order valence-corrected chi connectivity index (χ1v) is 9.53. The molecule has 0 aliphatic carbocycles. The lowest BCUT2D eigenvalue weighted by atomic mass is 10.0. The third kappa shape index (κ3) is 4.00. The number of rotatable bonds is 4. The number of likely N-dealkylation sites (tertiary alicyclic amines) is 1. The summed E-state index contributed by atoms with van der Waals surface area (Å²) in [5.41, 5.74) is 1.87. The van der Waals surface area contributed by atoms with Crippen LogP contribution in [0.1, 0.15) is 37.6 Å². The van der Waals surface area contributed by atoms with Crippen LogP contribution in [0.5, 0.6) is 0 Å². The molecule has 8 nitrogen and oxygen atoms in total. The predicted octanol–water partition coefficient (Wildman–Crippen LogP) is 0.871. The van der Waals surface area contributed by atoms with E-state index in [1.807, 2.05) is 15.6 Å². The summed E-state index contributed by atoms with van der Waals surface area (Å²) >= 11 is 0. The zero-order valence-corrected chi connectivity index (χ0v) is 16.1. The van der Waals surface area contributed by atoms with Crippen molar-refractivity contribution in [2.24, 2.45) is 0 Å². The first-order valence-electron chi connectivity index (χ1n) is 9.53. The Morgan fingerprint density at radius 3 is 2.81 bits per heavy atom. The molecule has 0 aromatic carbocycles. The molecule has 144 valence electrons. The van der Waals surface area contributed by atoms with Gasteiger partial charge < -0.3 is 15.1 Å². The van der Waals surface area contributed by atoms with Crippen molar-refractivity contribution in [3.8, 4) is 0 Å². The highest BCUT2D eigenvalue weighted by Gasteiger charge is 2.28. The smallest absolute Gasteiger partial charge is 0.319 e. The summed E-state index contributed by atoms with van der Waals surface area (Å²) in [6.07, 6.45) is 3.22. The highest BCUT2D eigenvalue weighted by atomic mass is 16.2. The molecule has 0 spiro atoms. The van der Waals surface area contributed by atoms with E-state index in [-0.39, 0.29) is 18.0 Å². The Hall–Kier alpha value is -2.09. The minimum atomic E-state index is -0.0146. The van der Waals surface area contributed by atoms with E-state index >= 15 is 0 Å². The molecular formula is C18H30N6O2. The average molecular weight is 362 g/mol. The number of likely N-dealkylation sites (N-methyl/N-ethyl adjacent to an activating group) is 1. The topological polar surface area (TPSA) is 73.7 Å². The molecule has 8 heteroatoms. The fourth-order valence-corrected chi connectivity index (χ4v) is 3.82. The molecule has 3 rings (SSSR count). The van der Waals surface area contributed by atoms with E-state index in [4.69, 9.17) is 0 Å². The lowest BCUT2D eigenvalue weighted by molar-refractivity contribution is -0.127. The van der Waals surface area contributed by atoms with Crippen LogP contribution in [0.2, 0.25) is 0 Å². The maximum Gasteiger partial charge on any atom is 0.319 e. The first kappa shape index (κ1) is 18.7. The number of carbonyl (C=O) groups is 2. The van der Waals surface area contributed by atoms with E-state index in [1.165, 1.54) is 6.42 Å². The van der Waals surface area contributed by atoms with Crippen molar-refractivity contribution in [2.75, 3.05) is 33.7 Å². The summed E-state index contributed by atoms with van der Waals surface area (Å²) in [6, 6.07) is 2.00. The van der Waals surface area contributed by atoms with Crippen LogP contribution in [0.3, 0.4) is 0 Å². The second-order valence-corrected chi connectivity index (χ2v) is 7.31. The van der Waals surface area contributed by atoms with Crippen LogP contribution in [-0.2, 0) is 24.4 Å². The largest absolute Gasteiger partial charge is 0.349 e. The van der Waals surface area contributed by atoms with Crippen LogP contribution in [0.25, 0.3) is 0 Å². The van der Waals surface area contributed by atoms with E-state index in [0.717, 1.165) is 37.3 Å². The Morgan fingerprint density at radius 1 is 1.27 bits per heavy atom. The second kappa shape index (κ2) is 8.07. The summed E-state index contributed by atoms with van der Waals surface area (Å²) < 4.78 is 1.94. The summed E-state index contributed by atoms with van der Waals surface area (Å²) in [7, 11) is 3.53. The maximum atomic E-state index is 12.6. The number of hydrogen-bond donors (Lipinski definition) is 1. The lowest BCUT2D eigenvalue weighted by Gasteiger charge is -2.33. The third-order valence-corrected chi connectivity index (χ3v) is 5.27. The lowest BCUT2D eigenvalue weighted by Crippen LogP contribution is -2.49. The molecule has 1 aromatic rings. The third-order valence-electron chi connectivity index (χ3n) is 5.27. The van der Waals surface area contributed by atoms with E-state index in [1.54, 1.807) is 19.0 Å². The fourth-order valence-electron chi connectivity index (χ4n) is 3.82. The van der Waals surface area contributed by atoms with Crippen molar-refractivity contribution in [1.29, 1.82) is 0 Å². The maximum absolute atomic E-state index is 12.6. The van der Waals surface area contributed by atoms with Crippen LogP contribution < -0.4 is 5.32 Å². The van der Waals surface area contributed by atoms with Crippen LogP contribution in [-0.4, -0.2) is 76.2 Å². The molecule has 3 heterocycles. The molecule has 1 saturated heterocycles. The van der Waals surface area contributed by atoms with Crippen molar-refractivity contribution in [3.05, 3.63) is 17.5 Å². The second-order valence-electron chi connectivity index (χ2n) is 7.31. The number of hydrogen-bond acceptors (Lipinski definition) is 4. The van der Waals surface area contributed by atoms with Gasteiger partial charge in [0, 0.05) is 20.6 Å². The number of nitrogens with one attached hydrogen (secondary N) is 1. The van der Waals surface area contributed by atoms with Gasteiger partial charge in [-0.15, -0.1) is 0 Å². The zero-order chi connectivity index (χ0) is 18.7. The van der Waals surface area contributed by atoms with Gasteiger partial charge in [0.25, 0.3) is 0 Å². The van der Waals surface area contributed by atoms with Gasteiger partial charge in [-0.3, -0.25) is 14.4 Å². The molecule has 1 aromatic heterocycles. The number of nitrogens with zero attached hydrogens (tertiary/aromatic N) is 5. The summed E-state index contributed by atoms with van der Waals surface area (Å²) in [5, 5.41) is 7.63.